The minimum Gasteiger partial charge on any atom is -0.462 e. The second-order valence-corrected chi connectivity index (χ2v) is 21.2. The van der Waals surface area contributed by atoms with Crippen molar-refractivity contribution in [2.75, 3.05) is 39.8 Å². The summed E-state index contributed by atoms with van der Waals surface area (Å²) < 4.78 is 12.1. The molecule has 70 heavy (non-hydrogen) atoms. The van der Waals surface area contributed by atoms with Gasteiger partial charge in [0, 0.05) is 45.4 Å². The zero-order chi connectivity index (χ0) is 51.2. The molecule has 0 saturated carbocycles. The largest absolute Gasteiger partial charge is 0.462 e. The number of allylic oxidation sites excluding steroid dienone is 4. The summed E-state index contributed by atoms with van der Waals surface area (Å²) in [6.45, 7) is 14.6. The van der Waals surface area contributed by atoms with E-state index in [1.807, 2.05) is 0 Å². The van der Waals surface area contributed by atoms with Crippen LogP contribution in [0.1, 0.15) is 304 Å². The van der Waals surface area contributed by atoms with Gasteiger partial charge in [-0.2, -0.15) is 0 Å². The van der Waals surface area contributed by atoms with E-state index in [4.69, 9.17) is 15.2 Å². The molecule has 0 bridgehead atoms. The van der Waals surface area contributed by atoms with E-state index < -0.39 is 0 Å². The summed E-state index contributed by atoms with van der Waals surface area (Å²) in [4.78, 5) is 41.2. The normalized spacial score (nSPS) is 14.2. The molecule has 1 fully saturated rings. The van der Waals surface area contributed by atoms with Gasteiger partial charge in [0.15, 0.2) is 0 Å². The van der Waals surface area contributed by atoms with Crippen molar-refractivity contribution in [2.24, 2.45) is 5.73 Å². The van der Waals surface area contributed by atoms with Crippen molar-refractivity contribution in [1.29, 1.82) is 0 Å². The van der Waals surface area contributed by atoms with Gasteiger partial charge in [-0.25, -0.2) is 0 Å². The molecule has 0 aromatic heterocycles. The van der Waals surface area contributed by atoms with Gasteiger partial charge in [-0.3, -0.25) is 14.4 Å². The van der Waals surface area contributed by atoms with Gasteiger partial charge in [0.05, 0.1) is 0 Å². The maximum atomic E-state index is 13.0. The number of esters is 2. The smallest absolute Gasteiger partial charge is 0.306 e. The van der Waals surface area contributed by atoms with Crippen LogP contribution in [0.3, 0.4) is 0 Å². The number of primary amides is 1. The Balaban J connectivity index is 0.00000313. The zero-order valence-electron chi connectivity index (χ0n) is 47.4. The molecule has 8 nitrogen and oxygen atoms in total. The fourth-order valence-corrected chi connectivity index (χ4v) is 9.43. The molecular formula is C62H119N3O5. The number of ether oxygens (including phenoxy) is 2. The molecule has 412 valence electrons. The number of likely N-dealkylation sites (N-methyl/N-ethyl adjacent to an activating group) is 1. The van der Waals surface area contributed by atoms with Gasteiger partial charge in [-0.05, 0) is 103 Å². The predicted molar refractivity (Wildman–Crippen MR) is 302 cm³/mol. The summed E-state index contributed by atoms with van der Waals surface area (Å²) in [6, 6.07) is 0. The SMILES string of the molecule is CCCCC/C=C\CCC(CCCCCCCCCCCCCC)OC(=O)CCCC(=O)OC(CC/C=C\CCCCC)CCCCCCCCCCCCCC.CN1CCN(CCCC(N)=O)CC1. The van der Waals surface area contributed by atoms with Gasteiger partial charge in [0.25, 0.3) is 0 Å². The lowest BCUT2D eigenvalue weighted by molar-refractivity contribution is -0.151. The van der Waals surface area contributed by atoms with Crippen LogP contribution in [0.2, 0.25) is 0 Å². The number of amides is 1. The van der Waals surface area contributed by atoms with Crippen molar-refractivity contribution in [3.63, 3.8) is 0 Å². The van der Waals surface area contributed by atoms with Crippen LogP contribution in [0.25, 0.3) is 0 Å². The third-order valence-electron chi connectivity index (χ3n) is 14.2. The highest BCUT2D eigenvalue weighted by Crippen LogP contribution is 2.20. The molecule has 8 heteroatoms. The standard InChI is InChI=1S/C53H100O4.C9H19N3O/c1-5-9-13-17-21-23-25-27-29-33-37-41-46-50(44-39-35-31-19-15-11-7-3)56-52(54)48-43-49-53(55)57-51(45-40-36-32-20-16-12-8-4)47-42-38-34-30-28-26-24-22-18-14-10-6-2;1-11-5-7-12(8-6-11)4-2-3-9(10)13/h31-32,35-36,50-51H,5-30,33-34,37-49H2,1-4H3;2-8H2,1H3,(H2,10,13)/b35-31-,36-32-;. The number of nitrogens with zero attached hydrogens (tertiary/aromatic N) is 2. The number of carbonyl (C=O) groups excluding carboxylic acids is 3. The topological polar surface area (TPSA) is 102 Å². The second kappa shape index (κ2) is 54.6. The molecule has 1 heterocycles. The fourth-order valence-electron chi connectivity index (χ4n) is 9.43. The Bertz CT molecular complexity index is 1110. The van der Waals surface area contributed by atoms with E-state index in [1.54, 1.807) is 0 Å². The van der Waals surface area contributed by atoms with E-state index in [-0.39, 0.29) is 30.1 Å². The van der Waals surface area contributed by atoms with Gasteiger partial charge < -0.3 is 25.0 Å². The lowest BCUT2D eigenvalue weighted by Gasteiger charge is -2.32. The Hall–Kier alpha value is -2.19. The summed E-state index contributed by atoms with van der Waals surface area (Å²) in [7, 11) is 2.14. The van der Waals surface area contributed by atoms with E-state index in [1.165, 1.54) is 180 Å². The second-order valence-electron chi connectivity index (χ2n) is 21.2. The summed E-state index contributed by atoms with van der Waals surface area (Å²) in [6.07, 6.45) is 59.1. The van der Waals surface area contributed by atoms with Gasteiger partial charge >= 0.3 is 11.9 Å². The van der Waals surface area contributed by atoms with Crippen molar-refractivity contribution in [3.8, 4) is 0 Å². The highest BCUT2D eigenvalue weighted by molar-refractivity contribution is 5.73. The van der Waals surface area contributed by atoms with Crippen molar-refractivity contribution in [1.82, 2.24) is 9.80 Å². The van der Waals surface area contributed by atoms with Crippen LogP contribution in [-0.4, -0.2) is 79.6 Å². The Kier molecular flexibility index (Phi) is 52.9. The number of piperazine rings is 1. The number of hydrogen-bond acceptors (Lipinski definition) is 7. The average molecular weight is 987 g/mol. The summed E-state index contributed by atoms with van der Waals surface area (Å²) >= 11 is 0. The molecular weight excluding hydrogens is 867 g/mol. The number of carbonyl (C=O) groups is 3. The van der Waals surface area contributed by atoms with E-state index in [0.717, 1.165) is 103 Å². The Morgan fingerprint density at radius 3 is 1.09 bits per heavy atom. The average Bonchev–Trinajstić information content (AvgIpc) is 3.34. The quantitative estimate of drug-likeness (QED) is 0.0368. The first-order valence-electron chi connectivity index (χ1n) is 30.6. The monoisotopic (exact) mass is 986 g/mol. The minimum absolute atomic E-state index is 0.0252. The van der Waals surface area contributed by atoms with Crippen LogP contribution >= 0.6 is 0 Å². The molecule has 0 aromatic carbocycles. The third kappa shape index (κ3) is 50.7. The van der Waals surface area contributed by atoms with E-state index in [9.17, 15) is 14.4 Å². The Morgan fingerprint density at radius 1 is 0.400 bits per heavy atom. The molecule has 2 unspecified atom stereocenters. The molecule has 1 aliphatic heterocycles. The van der Waals surface area contributed by atoms with E-state index in [0.29, 0.717) is 25.7 Å². The predicted octanol–water partition coefficient (Wildman–Crippen LogP) is 17.5. The first-order chi connectivity index (χ1) is 34.2. The summed E-state index contributed by atoms with van der Waals surface area (Å²) in [5.74, 6) is -0.492. The zero-order valence-corrected chi connectivity index (χ0v) is 47.4. The molecule has 2 atom stereocenters. The molecule has 1 aliphatic rings. The van der Waals surface area contributed by atoms with Crippen molar-refractivity contribution in [3.05, 3.63) is 24.3 Å². The highest BCUT2D eigenvalue weighted by Gasteiger charge is 2.18. The van der Waals surface area contributed by atoms with Gasteiger partial charge in [-0.1, -0.05) is 219 Å². The van der Waals surface area contributed by atoms with Gasteiger partial charge in [0.2, 0.25) is 5.91 Å². The summed E-state index contributed by atoms with van der Waals surface area (Å²) in [5.41, 5.74) is 5.06. The molecule has 1 amide bonds. The maximum Gasteiger partial charge on any atom is 0.306 e. The lowest BCUT2D eigenvalue weighted by Crippen LogP contribution is -2.44. The minimum atomic E-state index is -0.186. The number of rotatable bonds is 50. The van der Waals surface area contributed by atoms with Crippen molar-refractivity contribution < 1.29 is 23.9 Å². The van der Waals surface area contributed by atoms with Crippen LogP contribution in [-0.2, 0) is 23.9 Å². The number of nitrogens with two attached hydrogens (primary N) is 1. The number of unbranched alkanes of at least 4 members (excludes halogenated alkanes) is 28. The van der Waals surface area contributed by atoms with Crippen molar-refractivity contribution >= 4 is 17.8 Å². The third-order valence-corrected chi connectivity index (χ3v) is 14.2. The maximum absolute atomic E-state index is 13.0. The van der Waals surface area contributed by atoms with Crippen LogP contribution in [0.4, 0.5) is 0 Å². The highest BCUT2D eigenvalue weighted by atomic mass is 16.5. The van der Waals surface area contributed by atoms with Gasteiger partial charge in [0.1, 0.15) is 12.2 Å². The summed E-state index contributed by atoms with van der Waals surface area (Å²) in [5, 5.41) is 0. The van der Waals surface area contributed by atoms with Gasteiger partial charge in [-0.15, -0.1) is 0 Å². The number of hydrogen-bond donors (Lipinski definition) is 1. The van der Waals surface area contributed by atoms with Crippen molar-refractivity contribution in [2.45, 2.75) is 316 Å². The molecule has 0 aliphatic carbocycles. The molecule has 2 N–H and O–H groups in total. The molecule has 0 spiro atoms. The first-order valence-corrected chi connectivity index (χ1v) is 30.6. The van der Waals surface area contributed by atoms with Crippen LogP contribution < -0.4 is 5.73 Å². The van der Waals surface area contributed by atoms with E-state index in [2.05, 4.69) is 68.8 Å². The molecule has 1 rings (SSSR count). The molecule has 0 radical (unpaired) electrons. The Labute approximate surface area is 435 Å². The first kappa shape index (κ1) is 67.8. The Morgan fingerprint density at radius 2 is 0.729 bits per heavy atom. The lowest BCUT2D eigenvalue weighted by atomic mass is 10.0. The molecule has 1 saturated heterocycles. The molecule has 0 aromatic rings. The fraction of sp³-hybridized carbons (Fsp3) is 0.887. The van der Waals surface area contributed by atoms with Crippen LogP contribution in [0, 0.1) is 0 Å². The van der Waals surface area contributed by atoms with Crippen LogP contribution in [0.15, 0.2) is 24.3 Å². The van der Waals surface area contributed by atoms with E-state index >= 15 is 0 Å². The van der Waals surface area contributed by atoms with Crippen LogP contribution in [0.5, 0.6) is 0 Å².